The second-order valence-electron chi connectivity index (χ2n) is 6.17. The van der Waals surface area contributed by atoms with Crippen LogP contribution in [-0.4, -0.2) is 43.3 Å². The average Bonchev–Trinajstić information content (AvgIpc) is 2.63. The van der Waals surface area contributed by atoms with E-state index in [-0.39, 0.29) is 49.5 Å². The topological polar surface area (TPSA) is 98.8 Å². The van der Waals surface area contributed by atoms with Crippen molar-refractivity contribution in [2.75, 3.05) is 19.8 Å². The van der Waals surface area contributed by atoms with Crippen molar-refractivity contribution in [1.29, 1.82) is 0 Å². The molecule has 0 aliphatic rings. The highest BCUT2D eigenvalue weighted by Gasteiger charge is 2.07. The van der Waals surface area contributed by atoms with Crippen molar-refractivity contribution >= 4 is 23.4 Å². The maximum atomic E-state index is 11.7. The van der Waals surface area contributed by atoms with Crippen LogP contribution in [0.15, 0.2) is 24.3 Å². The number of amides is 1. The number of nitrogens with one attached hydrogen (secondary N) is 1. The van der Waals surface area contributed by atoms with Crippen molar-refractivity contribution < 1.29 is 28.7 Å². The van der Waals surface area contributed by atoms with Crippen LogP contribution in [0.5, 0.6) is 0 Å². The summed E-state index contributed by atoms with van der Waals surface area (Å²) in [5, 5.41) is 2.74. The Bertz CT molecular complexity index is 638. The molecule has 0 aliphatic heterocycles. The lowest BCUT2D eigenvalue weighted by Gasteiger charge is -2.08. The Hall–Kier alpha value is -2.54. The van der Waals surface area contributed by atoms with Crippen molar-refractivity contribution in [3.05, 3.63) is 35.4 Å². The van der Waals surface area contributed by atoms with Gasteiger partial charge in [0.1, 0.15) is 18.2 Å². The molecule has 0 heterocycles. The van der Waals surface area contributed by atoms with Gasteiger partial charge in [-0.25, -0.2) is 0 Å². The number of esters is 1. The largest absolute Gasteiger partial charge is 0.466 e. The van der Waals surface area contributed by atoms with E-state index in [1.165, 1.54) is 6.92 Å². The van der Waals surface area contributed by atoms with Gasteiger partial charge < -0.3 is 14.8 Å². The van der Waals surface area contributed by atoms with Crippen LogP contribution in [0, 0.1) is 0 Å². The first-order valence-corrected chi connectivity index (χ1v) is 8.99. The van der Waals surface area contributed by atoms with Gasteiger partial charge in [0.05, 0.1) is 19.6 Å². The SMILES string of the molecule is CCC(=O)OCCCOCC(=O)NCc1ccc(CC(=O)CC(C)=O)cc1. The van der Waals surface area contributed by atoms with Crippen molar-refractivity contribution in [2.24, 2.45) is 0 Å². The number of carbonyl (C=O) groups is 4. The highest BCUT2D eigenvalue weighted by molar-refractivity contribution is 5.98. The van der Waals surface area contributed by atoms with Gasteiger partial charge in [-0.15, -0.1) is 0 Å². The molecule has 0 saturated carbocycles. The number of hydrogen-bond acceptors (Lipinski definition) is 6. The Balaban J connectivity index is 2.19. The molecule has 0 saturated heterocycles. The average molecular weight is 377 g/mol. The second-order valence-corrected chi connectivity index (χ2v) is 6.17. The molecule has 0 fully saturated rings. The summed E-state index contributed by atoms with van der Waals surface area (Å²) in [5.41, 5.74) is 1.74. The van der Waals surface area contributed by atoms with Crippen molar-refractivity contribution in [3.63, 3.8) is 0 Å². The van der Waals surface area contributed by atoms with Gasteiger partial charge in [0.15, 0.2) is 0 Å². The molecule has 1 aromatic rings. The summed E-state index contributed by atoms with van der Waals surface area (Å²) in [6, 6.07) is 7.29. The van der Waals surface area contributed by atoms with E-state index in [0.29, 0.717) is 26.0 Å². The monoisotopic (exact) mass is 377 g/mol. The molecular formula is C20H27NO6. The Morgan fingerprint density at radius 3 is 2.30 bits per heavy atom. The zero-order valence-corrected chi connectivity index (χ0v) is 15.9. The van der Waals surface area contributed by atoms with Crippen LogP contribution in [-0.2, 0) is 41.6 Å². The third kappa shape index (κ3) is 10.9. The maximum absolute atomic E-state index is 11.7. The van der Waals surface area contributed by atoms with Gasteiger partial charge in [0, 0.05) is 25.8 Å². The standard InChI is InChI=1S/C20H27NO6/c1-3-20(25)27-10-4-9-26-14-19(24)21-13-17-7-5-16(6-8-17)12-18(23)11-15(2)22/h5-8H,3-4,9-14H2,1-2H3,(H,21,24). The predicted octanol–water partition coefficient (Wildman–Crippen LogP) is 1.75. The van der Waals surface area contributed by atoms with Gasteiger partial charge >= 0.3 is 5.97 Å². The number of carbonyl (C=O) groups excluding carboxylic acids is 4. The normalized spacial score (nSPS) is 10.3. The zero-order chi connectivity index (χ0) is 20.1. The lowest BCUT2D eigenvalue weighted by Crippen LogP contribution is -2.27. The van der Waals surface area contributed by atoms with E-state index >= 15 is 0 Å². The number of rotatable bonds is 13. The molecule has 1 aromatic carbocycles. The van der Waals surface area contributed by atoms with E-state index in [9.17, 15) is 19.2 Å². The summed E-state index contributed by atoms with van der Waals surface area (Å²) in [6.07, 6.45) is 1.08. The van der Waals surface area contributed by atoms with Crippen LogP contribution in [0.2, 0.25) is 0 Å². The molecule has 1 amide bonds. The fourth-order valence-corrected chi connectivity index (χ4v) is 2.21. The summed E-state index contributed by atoms with van der Waals surface area (Å²) in [6.45, 7) is 4.06. The number of hydrogen-bond donors (Lipinski definition) is 1. The Kier molecular flexibility index (Phi) is 10.6. The van der Waals surface area contributed by atoms with Crippen molar-refractivity contribution in [1.82, 2.24) is 5.32 Å². The fraction of sp³-hybridized carbons (Fsp3) is 0.500. The van der Waals surface area contributed by atoms with Gasteiger partial charge in [-0.05, 0) is 18.1 Å². The lowest BCUT2D eigenvalue weighted by atomic mass is 10.0. The lowest BCUT2D eigenvalue weighted by molar-refractivity contribution is -0.144. The number of benzene rings is 1. The van der Waals surface area contributed by atoms with Crippen molar-refractivity contribution in [3.8, 4) is 0 Å². The molecule has 27 heavy (non-hydrogen) atoms. The molecule has 0 spiro atoms. The zero-order valence-electron chi connectivity index (χ0n) is 15.9. The van der Waals surface area contributed by atoms with E-state index in [4.69, 9.17) is 9.47 Å². The first-order chi connectivity index (χ1) is 12.9. The quantitative estimate of drug-likeness (QED) is 0.319. The Morgan fingerprint density at radius 2 is 1.67 bits per heavy atom. The number of ketones is 2. The summed E-state index contributed by atoms with van der Waals surface area (Å²) < 4.78 is 10.1. The summed E-state index contributed by atoms with van der Waals surface area (Å²) in [4.78, 5) is 45.2. The van der Waals surface area contributed by atoms with Gasteiger partial charge in [0.25, 0.3) is 0 Å². The predicted molar refractivity (Wildman–Crippen MR) is 99.0 cm³/mol. The van der Waals surface area contributed by atoms with Crippen LogP contribution in [0.3, 0.4) is 0 Å². The molecule has 0 aliphatic carbocycles. The molecule has 0 aromatic heterocycles. The smallest absolute Gasteiger partial charge is 0.305 e. The van der Waals surface area contributed by atoms with E-state index in [1.807, 2.05) is 24.3 Å². The highest BCUT2D eigenvalue weighted by atomic mass is 16.5. The van der Waals surface area contributed by atoms with E-state index in [2.05, 4.69) is 5.32 Å². The third-order valence-corrected chi connectivity index (χ3v) is 3.58. The molecule has 0 bridgehead atoms. The van der Waals surface area contributed by atoms with Gasteiger partial charge in [-0.1, -0.05) is 31.2 Å². The molecule has 148 valence electrons. The fourth-order valence-electron chi connectivity index (χ4n) is 2.21. The first kappa shape index (κ1) is 22.5. The van der Waals surface area contributed by atoms with Crippen LogP contribution >= 0.6 is 0 Å². The van der Waals surface area contributed by atoms with E-state index in [0.717, 1.165) is 11.1 Å². The van der Waals surface area contributed by atoms with E-state index < -0.39 is 0 Å². The van der Waals surface area contributed by atoms with Crippen LogP contribution < -0.4 is 5.32 Å². The van der Waals surface area contributed by atoms with Crippen LogP contribution in [0.25, 0.3) is 0 Å². The minimum absolute atomic E-state index is 0.0428. The van der Waals surface area contributed by atoms with Gasteiger partial charge in [-0.3, -0.25) is 19.2 Å². The second kappa shape index (κ2) is 12.8. The molecule has 1 rings (SSSR count). The van der Waals surface area contributed by atoms with Crippen molar-refractivity contribution in [2.45, 2.75) is 46.1 Å². The molecule has 7 heteroatoms. The maximum Gasteiger partial charge on any atom is 0.305 e. The van der Waals surface area contributed by atoms with Crippen LogP contribution in [0.1, 0.15) is 44.2 Å². The molecular weight excluding hydrogens is 350 g/mol. The minimum Gasteiger partial charge on any atom is -0.466 e. The number of Topliss-reactive ketones (excluding diaryl/α,β-unsaturated/α-hetero) is 2. The first-order valence-electron chi connectivity index (χ1n) is 8.99. The molecule has 1 N–H and O–H groups in total. The summed E-state index contributed by atoms with van der Waals surface area (Å²) >= 11 is 0. The molecule has 0 unspecified atom stereocenters. The summed E-state index contributed by atoms with van der Waals surface area (Å²) in [5.74, 6) is -0.725. The van der Waals surface area contributed by atoms with E-state index in [1.54, 1.807) is 6.92 Å². The molecule has 0 atom stereocenters. The summed E-state index contributed by atoms with van der Waals surface area (Å²) in [7, 11) is 0. The third-order valence-electron chi connectivity index (χ3n) is 3.58. The van der Waals surface area contributed by atoms with Gasteiger partial charge in [0.2, 0.25) is 5.91 Å². The minimum atomic E-state index is -0.248. The molecule has 0 radical (unpaired) electrons. The van der Waals surface area contributed by atoms with Crippen LogP contribution in [0.4, 0.5) is 0 Å². The highest BCUT2D eigenvalue weighted by Crippen LogP contribution is 2.07. The Labute approximate surface area is 159 Å². The molecule has 7 nitrogen and oxygen atoms in total. The Morgan fingerprint density at radius 1 is 1.00 bits per heavy atom. The van der Waals surface area contributed by atoms with Gasteiger partial charge in [-0.2, -0.15) is 0 Å². The number of ether oxygens (including phenoxy) is 2.